The number of likely N-dealkylation sites (N-methyl/N-ethyl adjacent to an activating group) is 1. The van der Waals surface area contributed by atoms with Gasteiger partial charge in [-0.2, -0.15) is 0 Å². The van der Waals surface area contributed by atoms with E-state index in [4.69, 9.17) is 5.11 Å². The van der Waals surface area contributed by atoms with Crippen molar-refractivity contribution in [2.45, 2.75) is 25.3 Å². The molecule has 1 aromatic carbocycles. The monoisotopic (exact) mass is 290 g/mol. The lowest BCUT2D eigenvalue weighted by molar-refractivity contribution is -0.138. The smallest absolute Gasteiger partial charge is 0.303 e. The number of hydrogen-bond acceptors (Lipinski definition) is 3. The summed E-state index contributed by atoms with van der Waals surface area (Å²) in [5.74, 6) is -0.793. The number of carboxylic acid groups (broad SMARTS) is 1. The van der Waals surface area contributed by atoms with Crippen LogP contribution < -0.4 is 0 Å². The van der Waals surface area contributed by atoms with Gasteiger partial charge < -0.3 is 14.9 Å². The van der Waals surface area contributed by atoms with E-state index in [1.54, 1.807) is 0 Å². The molecule has 1 aliphatic heterocycles. The van der Waals surface area contributed by atoms with Gasteiger partial charge in [0.05, 0.1) is 6.04 Å². The van der Waals surface area contributed by atoms with E-state index in [0.717, 1.165) is 18.7 Å². The maximum atomic E-state index is 12.4. The zero-order valence-corrected chi connectivity index (χ0v) is 12.4. The van der Waals surface area contributed by atoms with Crippen molar-refractivity contribution < 1.29 is 14.7 Å². The van der Waals surface area contributed by atoms with Crippen LogP contribution >= 0.6 is 0 Å². The predicted octanol–water partition coefficient (Wildman–Crippen LogP) is 1.76. The number of rotatable bonds is 5. The zero-order valence-electron chi connectivity index (χ0n) is 12.4. The third-order valence-corrected chi connectivity index (χ3v) is 3.87. The maximum Gasteiger partial charge on any atom is 0.303 e. The quantitative estimate of drug-likeness (QED) is 0.897. The summed E-state index contributed by atoms with van der Waals surface area (Å²) in [5, 5.41) is 8.67. The van der Waals surface area contributed by atoms with Crippen LogP contribution in [0.15, 0.2) is 30.3 Å². The first-order valence-corrected chi connectivity index (χ1v) is 7.32. The van der Waals surface area contributed by atoms with E-state index in [2.05, 4.69) is 11.9 Å². The van der Waals surface area contributed by atoms with Crippen molar-refractivity contribution in [1.82, 2.24) is 9.80 Å². The second-order valence-electron chi connectivity index (χ2n) is 5.52. The van der Waals surface area contributed by atoms with E-state index < -0.39 is 5.97 Å². The highest BCUT2D eigenvalue weighted by atomic mass is 16.4. The Morgan fingerprint density at radius 1 is 1.19 bits per heavy atom. The second-order valence-corrected chi connectivity index (χ2v) is 5.52. The molecule has 0 saturated carbocycles. The highest BCUT2D eigenvalue weighted by molar-refractivity contribution is 5.77. The predicted molar refractivity (Wildman–Crippen MR) is 79.9 cm³/mol. The highest BCUT2D eigenvalue weighted by Crippen LogP contribution is 2.25. The second kappa shape index (κ2) is 7.22. The Bertz CT molecular complexity index is 490. The summed E-state index contributed by atoms with van der Waals surface area (Å²) in [6, 6.07) is 10.1. The molecule has 1 unspecified atom stereocenters. The molecule has 1 N–H and O–H groups in total. The Morgan fingerprint density at radius 2 is 1.90 bits per heavy atom. The van der Waals surface area contributed by atoms with Gasteiger partial charge in [-0.1, -0.05) is 30.3 Å². The largest absolute Gasteiger partial charge is 0.481 e. The number of carboxylic acids is 1. The summed E-state index contributed by atoms with van der Waals surface area (Å²) in [4.78, 5) is 27.1. The fourth-order valence-corrected chi connectivity index (χ4v) is 2.71. The molecule has 0 aliphatic carbocycles. The summed E-state index contributed by atoms with van der Waals surface area (Å²) in [6.07, 6.45) is 0.761. The first-order chi connectivity index (χ1) is 10.1. The minimum atomic E-state index is -0.846. The lowest BCUT2D eigenvalue weighted by Crippen LogP contribution is -2.49. The number of nitrogens with zero attached hydrogens (tertiary/aromatic N) is 2. The Hall–Kier alpha value is -1.88. The molecule has 1 saturated heterocycles. The average molecular weight is 290 g/mol. The fourth-order valence-electron chi connectivity index (χ4n) is 2.71. The van der Waals surface area contributed by atoms with Crippen LogP contribution in [-0.2, 0) is 9.59 Å². The van der Waals surface area contributed by atoms with Gasteiger partial charge in [0.1, 0.15) is 0 Å². The van der Waals surface area contributed by atoms with Crippen LogP contribution in [0.1, 0.15) is 30.9 Å². The van der Waals surface area contributed by atoms with Gasteiger partial charge in [-0.05, 0) is 19.0 Å². The van der Waals surface area contributed by atoms with Crippen LogP contribution in [0.4, 0.5) is 0 Å². The van der Waals surface area contributed by atoms with Crippen molar-refractivity contribution in [1.29, 1.82) is 0 Å². The number of carbonyl (C=O) groups is 2. The van der Waals surface area contributed by atoms with Crippen molar-refractivity contribution in [3.8, 4) is 0 Å². The summed E-state index contributed by atoms with van der Waals surface area (Å²) in [5.41, 5.74) is 1.13. The van der Waals surface area contributed by atoms with Crippen molar-refractivity contribution in [3.63, 3.8) is 0 Å². The fraction of sp³-hybridized carbons (Fsp3) is 0.500. The molecule has 0 aromatic heterocycles. The molecule has 0 radical (unpaired) electrons. The van der Waals surface area contributed by atoms with Crippen LogP contribution in [0.3, 0.4) is 0 Å². The number of piperazine rings is 1. The number of hydrogen-bond donors (Lipinski definition) is 1. The molecule has 1 heterocycles. The molecule has 21 heavy (non-hydrogen) atoms. The summed E-state index contributed by atoms with van der Waals surface area (Å²) in [7, 11) is 2.06. The maximum absolute atomic E-state index is 12.4. The molecule has 1 atom stereocenters. The molecular formula is C16H22N2O3. The Morgan fingerprint density at radius 3 is 2.57 bits per heavy atom. The summed E-state index contributed by atoms with van der Waals surface area (Å²) < 4.78 is 0. The number of benzene rings is 1. The van der Waals surface area contributed by atoms with Crippen molar-refractivity contribution in [2.24, 2.45) is 0 Å². The van der Waals surface area contributed by atoms with Gasteiger partial charge in [0.2, 0.25) is 5.91 Å². The van der Waals surface area contributed by atoms with E-state index >= 15 is 0 Å². The van der Waals surface area contributed by atoms with Crippen LogP contribution in [0.2, 0.25) is 0 Å². The number of amides is 1. The normalized spacial score (nSPS) is 19.5. The molecule has 114 valence electrons. The number of aliphatic carboxylic acids is 1. The van der Waals surface area contributed by atoms with Crippen LogP contribution in [0, 0.1) is 0 Å². The van der Waals surface area contributed by atoms with E-state index in [0.29, 0.717) is 19.4 Å². The molecule has 1 fully saturated rings. The molecule has 2 rings (SSSR count). The van der Waals surface area contributed by atoms with Gasteiger partial charge in [0, 0.05) is 32.5 Å². The van der Waals surface area contributed by atoms with Gasteiger partial charge in [-0.3, -0.25) is 9.59 Å². The molecule has 0 spiro atoms. The zero-order chi connectivity index (χ0) is 15.2. The van der Waals surface area contributed by atoms with Gasteiger partial charge in [-0.25, -0.2) is 0 Å². The molecule has 1 aliphatic rings. The van der Waals surface area contributed by atoms with E-state index in [9.17, 15) is 9.59 Å². The molecule has 1 amide bonds. The molecule has 1 aromatic rings. The van der Waals surface area contributed by atoms with Gasteiger partial charge in [0.15, 0.2) is 0 Å². The average Bonchev–Trinajstić information content (AvgIpc) is 2.47. The standard InChI is InChI=1S/C16H22N2O3/c1-17-10-11-18(15(19)8-5-9-16(20)21)14(12-17)13-6-3-2-4-7-13/h2-4,6-7,14H,5,8-12H2,1H3,(H,20,21). The molecule has 0 bridgehead atoms. The van der Waals surface area contributed by atoms with E-state index in [1.807, 2.05) is 35.2 Å². The Labute approximate surface area is 125 Å². The lowest BCUT2D eigenvalue weighted by atomic mass is 10.0. The summed E-state index contributed by atoms with van der Waals surface area (Å²) >= 11 is 0. The molecule has 5 nitrogen and oxygen atoms in total. The third-order valence-electron chi connectivity index (χ3n) is 3.87. The van der Waals surface area contributed by atoms with Crippen LogP contribution in [-0.4, -0.2) is 53.5 Å². The Balaban J connectivity index is 2.04. The van der Waals surface area contributed by atoms with Crippen molar-refractivity contribution in [3.05, 3.63) is 35.9 Å². The van der Waals surface area contributed by atoms with Crippen molar-refractivity contribution >= 4 is 11.9 Å². The first-order valence-electron chi connectivity index (χ1n) is 7.32. The number of carbonyl (C=O) groups excluding carboxylic acids is 1. The topological polar surface area (TPSA) is 60.9 Å². The molecular weight excluding hydrogens is 268 g/mol. The van der Waals surface area contributed by atoms with E-state index in [1.165, 1.54) is 0 Å². The van der Waals surface area contributed by atoms with E-state index in [-0.39, 0.29) is 18.4 Å². The third kappa shape index (κ3) is 4.29. The minimum absolute atomic E-state index is 0.0511. The Kier molecular flexibility index (Phi) is 5.33. The SMILES string of the molecule is CN1CCN(C(=O)CCCC(=O)O)C(c2ccccc2)C1. The highest BCUT2D eigenvalue weighted by Gasteiger charge is 2.29. The van der Waals surface area contributed by atoms with Crippen molar-refractivity contribution in [2.75, 3.05) is 26.7 Å². The van der Waals surface area contributed by atoms with Crippen LogP contribution in [0.5, 0.6) is 0 Å². The van der Waals surface area contributed by atoms with Gasteiger partial charge in [0.25, 0.3) is 0 Å². The minimum Gasteiger partial charge on any atom is -0.481 e. The summed E-state index contributed by atoms with van der Waals surface area (Å²) in [6.45, 7) is 2.37. The molecule has 5 heteroatoms. The van der Waals surface area contributed by atoms with Gasteiger partial charge >= 0.3 is 5.97 Å². The van der Waals surface area contributed by atoms with Gasteiger partial charge in [-0.15, -0.1) is 0 Å². The lowest BCUT2D eigenvalue weighted by Gasteiger charge is -2.40. The van der Waals surface area contributed by atoms with Crippen LogP contribution in [0.25, 0.3) is 0 Å². The first kappa shape index (κ1) is 15.5.